The fourth-order valence-electron chi connectivity index (χ4n) is 3.03. The van der Waals surface area contributed by atoms with E-state index in [1.165, 1.54) is 19.2 Å². The Balaban J connectivity index is 1.91. The van der Waals surface area contributed by atoms with E-state index in [1.54, 1.807) is 18.3 Å². The zero-order chi connectivity index (χ0) is 20.5. The molecule has 7 heteroatoms. The molecule has 3 aromatic rings. The standard InChI is InChI=1S/C21H23F2N3O2/c1-21(2,3)11-19(27)25-20-18(28-4)10-17-16(24-20)5-6-26(17)12-13-7-14(22)9-15(23)8-13/h5-10H,11-12H2,1-4H3,(H,24,25,27). The average Bonchev–Trinajstić information content (AvgIpc) is 2.93. The van der Waals surface area contributed by atoms with Crippen molar-refractivity contribution in [3.8, 4) is 5.75 Å². The SMILES string of the molecule is COc1cc2c(ccn2Cc2cc(F)cc(F)c2)nc1NC(=O)CC(C)(C)C. The Kier molecular flexibility index (Phi) is 5.36. The Morgan fingerprint density at radius 1 is 1.18 bits per heavy atom. The van der Waals surface area contributed by atoms with E-state index in [2.05, 4.69) is 10.3 Å². The number of carbonyl (C=O) groups is 1. The summed E-state index contributed by atoms with van der Waals surface area (Å²) in [4.78, 5) is 16.7. The number of pyridine rings is 1. The normalized spacial score (nSPS) is 11.6. The summed E-state index contributed by atoms with van der Waals surface area (Å²) < 4.78 is 34.1. The minimum atomic E-state index is -0.619. The first-order chi connectivity index (χ1) is 13.1. The molecule has 0 bridgehead atoms. The molecule has 3 rings (SSSR count). The molecule has 0 atom stereocenters. The summed E-state index contributed by atoms with van der Waals surface area (Å²) in [5.74, 6) is -0.622. The molecule has 1 amide bonds. The van der Waals surface area contributed by atoms with Gasteiger partial charge < -0.3 is 14.6 Å². The Hall–Kier alpha value is -2.96. The third-order valence-electron chi connectivity index (χ3n) is 4.16. The number of methoxy groups -OCH3 is 1. The summed E-state index contributed by atoms with van der Waals surface area (Å²) in [5.41, 5.74) is 1.72. The lowest BCUT2D eigenvalue weighted by Gasteiger charge is -2.18. The van der Waals surface area contributed by atoms with E-state index < -0.39 is 11.6 Å². The number of nitrogens with zero attached hydrogens (tertiary/aromatic N) is 2. The molecule has 0 saturated heterocycles. The van der Waals surface area contributed by atoms with Gasteiger partial charge in [-0.1, -0.05) is 20.8 Å². The van der Waals surface area contributed by atoms with Crippen molar-refractivity contribution in [1.29, 1.82) is 0 Å². The number of halogens is 2. The smallest absolute Gasteiger partial charge is 0.226 e. The summed E-state index contributed by atoms with van der Waals surface area (Å²) in [5, 5.41) is 2.80. The van der Waals surface area contributed by atoms with E-state index in [-0.39, 0.29) is 17.9 Å². The number of amides is 1. The van der Waals surface area contributed by atoms with Crippen LogP contribution in [0.25, 0.3) is 11.0 Å². The topological polar surface area (TPSA) is 56.1 Å². The van der Waals surface area contributed by atoms with Gasteiger partial charge in [0.2, 0.25) is 5.91 Å². The van der Waals surface area contributed by atoms with Crippen LogP contribution < -0.4 is 10.1 Å². The van der Waals surface area contributed by atoms with E-state index in [4.69, 9.17) is 4.74 Å². The van der Waals surface area contributed by atoms with Gasteiger partial charge >= 0.3 is 0 Å². The molecule has 0 aliphatic heterocycles. The van der Waals surface area contributed by atoms with Gasteiger partial charge in [0.05, 0.1) is 18.1 Å². The molecule has 1 N–H and O–H groups in total. The fourth-order valence-corrected chi connectivity index (χ4v) is 3.03. The first-order valence-electron chi connectivity index (χ1n) is 8.93. The maximum absolute atomic E-state index is 13.5. The Labute approximate surface area is 162 Å². The highest BCUT2D eigenvalue weighted by Crippen LogP contribution is 2.29. The third-order valence-corrected chi connectivity index (χ3v) is 4.16. The second-order valence-corrected chi connectivity index (χ2v) is 7.95. The van der Waals surface area contributed by atoms with E-state index in [0.29, 0.717) is 29.1 Å². The molecule has 0 aliphatic carbocycles. The Morgan fingerprint density at radius 2 is 1.86 bits per heavy atom. The molecule has 148 valence electrons. The van der Waals surface area contributed by atoms with Crippen LogP contribution in [0.2, 0.25) is 0 Å². The molecule has 1 aromatic carbocycles. The number of benzene rings is 1. The lowest BCUT2D eigenvalue weighted by atomic mass is 9.92. The predicted molar refractivity (Wildman–Crippen MR) is 104 cm³/mol. The van der Waals surface area contributed by atoms with E-state index in [9.17, 15) is 13.6 Å². The van der Waals surface area contributed by atoms with Crippen LogP contribution in [0.1, 0.15) is 32.8 Å². The molecule has 5 nitrogen and oxygen atoms in total. The van der Waals surface area contributed by atoms with Crippen LogP contribution in [0, 0.1) is 17.0 Å². The zero-order valence-electron chi connectivity index (χ0n) is 16.3. The maximum Gasteiger partial charge on any atom is 0.226 e. The van der Waals surface area contributed by atoms with Crippen LogP contribution in [0.3, 0.4) is 0 Å². The van der Waals surface area contributed by atoms with Gasteiger partial charge in [-0.2, -0.15) is 0 Å². The first kappa shape index (κ1) is 19.8. The quantitative estimate of drug-likeness (QED) is 0.688. The predicted octanol–water partition coefficient (Wildman–Crippen LogP) is 4.75. The van der Waals surface area contributed by atoms with Gasteiger partial charge in [0.15, 0.2) is 11.6 Å². The molecule has 28 heavy (non-hydrogen) atoms. The molecule has 2 heterocycles. The molecule has 0 spiro atoms. The van der Waals surface area contributed by atoms with Gasteiger partial charge in [0.25, 0.3) is 0 Å². The Morgan fingerprint density at radius 3 is 2.46 bits per heavy atom. The van der Waals surface area contributed by atoms with Crippen LogP contribution in [0.15, 0.2) is 36.5 Å². The second-order valence-electron chi connectivity index (χ2n) is 7.95. The number of fused-ring (bicyclic) bond motifs is 1. The summed E-state index contributed by atoms with van der Waals surface area (Å²) in [6.45, 7) is 6.22. The van der Waals surface area contributed by atoms with Gasteiger partial charge in [-0.3, -0.25) is 4.79 Å². The second kappa shape index (κ2) is 7.58. The van der Waals surface area contributed by atoms with E-state index in [1.807, 2.05) is 25.3 Å². The van der Waals surface area contributed by atoms with Gasteiger partial charge in [0, 0.05) is 31.3 Å². The molecular formula is C21H23F2N3O2. The molecule has 0 unspecified atom stereocenters. The fraction of sp³-hybridized carbons (Fsp3) is 0.333. The molecule has 0 fully saturated rings. The number of carbonyl (C=O) groups excluding carboxylic acids is 1. The summed E-state index contributed by atoms with van der Waals surface area (Å²) in [6, 6.07) is 6.96. The van der Waals surface area contributed by atoms with Gasteiger partial charge in [0.1, 0.15) is 11.6 Å². The molecule has 2 aromatic heterocycles. The number of hydrogen-bond donors (Lipinski definition) is 1. The summed E-state index contributed by atoms with van der Waals surface area (Å²) in [7, 11) is 1.50. The van der Waals surface area contributed by atoms with Gasteiger partial charge in [-0.05, 0) is 29.2 Å². The van der Waals surface area contributed by atoms with Gasteiger partial charge in [-0.25, -0.2) is 13.8 Å². The van der Waals surface area contributed by atoms with Crippen molar-refractivity contribution in [1.82, 2.24) is 9.55 Å². The van der Waals surface area contributed by atoms with Crippen molar-refractivity contribution < 1.29 is 18.3 Å². The number of ether oxygens (including phenoxy) is 1. The highest BCUT2D eigenvalue weighted by Gasteiger charge is 2.19. The monoisotopic (exact) mass is 387 g/mol. The number of nitrogens with one attached hydrogen (secondary N) is 1. The summed E-state index contributed by atoms with van der Waals surface area (Å²) >= 11 is 0. The van der Waals surface area contributed by atoms with Gasteiger partial charge in [-0.15, -0.1) is 0 Å². The Bertz CT molecular complexity index is 1000. The highest BCUT2D eigenvalue weighted by molar-refractivity contribution is 5.93. The third kappa shape index (κ3) is 4.65. The maximum atomic E-state index is 13.5. The van der Waals surface area contributed by atoms with Crippen molar-refractivity contribution in [2.45, 2.75) is 33.7 Å². The molecule has 0 saturated carbocycles. The van der Waals surface area contributed by atoms with Crippen LogP contribution in [0.4, 0.5) is 14.6 Å². The number of rotatable bonds is 5. The number of anilines is 1. The number of aromatic nitrogens is 2. The zero-order valence-corrected chi connectivity index (χ0v) is 16.3. The average molecular weight is 387 g/mol. The van der Waals surface area contributed by atoms with Crippen LogP contribution in [0.5, 0.6) is 5.75 Å². The van der Waals surface area contributed by atoms with Crippen molar-refractivity contribution >= 4 is 22.8 Å². The summed E-state index contributed by atoms with van der Waals surface area (Å²) in [6.07, 6.45) is 2.13. The largest absolute Gasteiger partial charge is 0.493 e. The van der Waals surface area contributed by atoms with Crippen LogP contribution >= 0.6 is 0 Å². The molecule has 0 aliphatic rings. The highest BCUT2D eigenvalue weighted by atomic mass is 19.1. The van der Waals surface area contributed by atoms with Crippen molar-refractivity contribution in [3.05, 3.63) is 53.7 Å². The molecular weight excluding hydrogens is 364 g/mol. The van der Waals surface area contributed by atoms with Crippen molar-refractivity contribution in [3.63, 3.8) is 0 Å². The minimum Gasteiger partial charge on any atom is -0.493 e. The van der Waals surface area contributed by atoms with E-state index >= 15 is 0 Å². The molecule has 0 radical (unpaired) electrons. The minimum absolute atomic E-state index is 0.146. The first-order valence-corrected chi connectivity index (χ1v) is 8.93. The van der Waals surface area contributed by atoms with E-state index in [0.717, 1.165) is 11.6 Å². The lowest BCUT2D eigenvalue weighted by molar-refractivity contribution is -0.117. The van der Waals surface area contributed by atoms with Crippen LogP contribution in [-0.4, -0.2) is 22.6 Å². The van der Waals surface area contributed by atoms with Crippen molar-refractivity contribution in [2.75, 3.05) is 12.4 Å². The number of hydrogen-bond acceptors (Lipinski definition) is 3. The van der Waals surface area contributed by atoms with Crippen LogP contribution in [-0.2, 0) is 11.3 Å². The van der Waals surface area contributed by atoms with Crippen molar-refractivity contribution in [2.24, 2.45) is 5.41 Å². The lowest BCUT2D eigenvalue weighted by Crippen LogP contribution is -2.20.